The minimum atomic E-state index is -0.548. The van der Waals surface area contributed by atoms with Crippen LogP contribution in [0.1, 0.15) is 36.3 Å². The van der Waals surface area contributed by atoms with E-state index in [1.165, 1.54) is 5.56 Å². The number of nitrogens with zero attached hydrogens (tertiary/aromatic N) is 1. The number of aliphatic hydroxyl groups excluding tert-OH is 1. The molecule has 2 aromatic rings. The van der Waals surface area contributed by atoms with Crippen molar-refractivity contribution < 1.29 is 14.6 Å². The van der Waals surface area contributed by atoms with Gasteiger partial charge in [-0.05, 0) is 67.6 Å². The molecule has 1 amide bonds. The molecule has 2 aliphatic rings. The first kappa shape index (κ1) is 20.2. The number of benzene rings is 2. The maximum atomic E-state index is 11.5. The Kier molecular flexibility index (Phi) is 6.38. The summed E-state index contributed by atoms with van der Waals surface area (Å²) in [6, 6.07) is 13.9. The summed E-state index contributed by atoms with van der Waals surface area (Å²) in [6.07, 6.45) is 2.91. The van der Waals surface area contributed by atoms with E-state index in [-0.39, 0.29) is 12.5 Å². The monoisotopic (exact) mass is 414 g/mol. The van der Waals surface area contributed by atoms with Crippen molar-refractivity contribution in [2.45, 2.75) is 37.7 Å². The normalized spacial score (nSPS) is 18.8. The molecule has 0 aromatic heterocycles. The topological polar surface area (TPSA) is 61.8 Å². The number of anilines is 1. The van der Waals surface area contributed by atoms with Crippen molar-refractivity contribution in [1.82, 2.24) is 4.90 Å². The summed E-state index contributed by atoms with van der Waals surface area (Å²) in [7, 11) is 0. The fraction of sp³-hybridized carbons (Fsp3) is 0.435. The molecule has 1 fully saturated rings. The van der Waals surface area contributed by atoms with E-state index in [0.29, 0.717) is 24.6 Å². The number of β-amino-alcohol motifs (C(OH)–C–C–N with tert-alkyl or cyclic N) is 1. The van der Waals surface area contributed by atoms with E-state index in [9.17, 15) is 9.90 Å². The van der Waals surface area contributed by atoms with Crippen LogP contribution in [0.5, 0.6) is 5.75 Å². The van der Waals surface area contributed by atoms with Crippen LogP contribution in [0.15, 0.2) is 42.5 Å². The third-order valence-corrected chi connectivity index (χ3v) is 6.07. The maximum Gasteiger partial charge on any atom is 0.224 e. The zero-order chi connectivity index (χ0) is 20.2. The molecule has 4 rings (SSSR count). The van der Waals surface area contributed by atoms with Gasteiger partial charge in [0.15, 0.2) is 0 Å². The zero-order valence-electron chi connectivity index (χ0n) is 16.4. The molecule has 154 valence electrons. The van der Waals surface area contributed by atoms with Crippen LogP contribution in [0.4, 0.5) is 5.69 Å². The molecular formula is C23H27ClN2O3. The second kappa shape index (κ2) is 9.16. The Hall–Kier alpha value is -2.08. The van der Waals surface area contributed by atoms with Gasteiger partial charge < -0.3 is 20.1 Å². The highest BCUT2D eigenvalue weighted by atomic mass is 35.5. The summed E-state index contributed by atoms with van der Waals surface area (Å²) in [5.41, 5.74) is 3.29. The van der Waals surface area contributed by atoms with E-state index in [1.54, 1.807) is 0 Å². The van der Waals surface area contributed by atoms with Gasteiger partial charge in [-0.2, -0.15) is 0 Å². The third-order valence-electron chi connectivity index (χ3n) is 5.82. The van der Waals surface area contributed by atoms with Crippen molar-refractivity contribution in [3.8, 4) is 5.75 Å². The number of likely N-dealkylation sites (tertiary alicyclic amines) is 1. The van der Waals surface area contributed by atoms with Gasteiger partial charge in [-0.1, -0.05) is 29.8 Å². The van der Waals surface area contributed by atoms with Gasteiger partial charge in [-0.15, -0.1) is 0 Å². The maximum absolute atomic E-state index is 11.5. The van der Waals surface area contributed by atoms with E-state index in [0.717, 1.165) is 48.6 Å². The van der Waals surface area contributed by atoms with Crippen molar-refractivity contribution >= 4 is 23.2 Å². The van der Waals surface area contributed by atoms with E-state index < -0.39 is 6.10 Å². The lowest BCUT2D eigenvalue weighted by molar-refractivity contribution is -0.116. The van der Waals surface area contributed by atoms with Gasteiger partial charge in [0.25, 0.3) is 0 Å². The Morgan fingerprint density at radius 3 is 2.66 bits per heavy atom. The summed E-state index contributed by atoms with van der Waals surface area (Å²) in [5.74, 6) is 1.27. The number of amides is 1. The first-order valence-electron chi connectivity index (χ1n) is 10.3. The van der Waals surface area contributed by atoms with Crippen molar-refractivity contribution in [2.24, 2.45) is 0 Å². The van der Waals surface area contributed by atoms with Crippen molar-refractivity contribution in [2.75, 3.05) is 31.6 Å². The molecule has 2 heterocycles. The molecule has 1 unspecified atom stereocenters. The Bertz CT molecular complexity index is 848. The van der Waals surface area contributed by atoms with Crippen molar-refractivity contribution in [1.29, 1.82) is 0 Å². The van der Waals surface area contributed by atoms with E-state index in [2.05, 4.69) is 22.3 Å². The first-order valence-corrected chi connectivity index (χ1v) is 10.7. The van der Waals surface area contributed by atoms with Gasteiger partial charge in [0.1, 0.15) is 18.5 Å². The number of ether oxygens (including phenoxy) is 1. The largest absolute Gasteiger partial charge is 0.491 e. The molecule has 0 saturated carbocycles. The summed E-state index contributed by atoms with van der Waals surface area (Å²) in [4.78, 5) is 13.8. The number of aliphatic hydroxyl groups is 1. The summed E-state index contributed by atoms with van der Waals surface area (Å²) >= 11 is 5.98. The predicted octanol–water partition coefficient (Wildman–Crippen LogP) is 3.84. The molecule has 1 saturated heterocycles. The Morgan fingerprint density at radius 1 is 1.14 bits per heavy atom. The van der Waals surface area contributed by atoms with Gasteiger partial charge in [0.05, 0.1) is 0 Å². The molecule has 5 nitrogen and oxygen atoms in total. The minimum absolute atomic E-state index is 0.0386. The standard InChI is InChI=1S/C23H27ClN2O3/c24-19-5-1-16(2-6-19)17-9-11-26(12-10-17)14-20(27)15-29-21-7-3-18-4-8-23(28)25-22(18)13-21/h1-3,5-7,13,17,20,27H,4,8-12,14-15H2,(H,25,28). The average Bonchev–Trinajstić information content (AvgIpc) is 2.73. The molecule has 2 N–H and O–H groups in total. The fourth-order valence-electron chi connectivity index (χ4n) is 4.17. The van der Waals surface area contributed by atoms with E-state index in [1.807, 2.05) is 30.3 Å². The summed E-state index contributed by atoms with van der Waals surface area (Å²) < 4.78 is 5.77. The third kappa shape index (κ3) is 5.30. The van der Waals surface area contributed by atoms with Gasteiger partial charge in [0.2, 0.25) is 5.91 Å². The number of aryl methyl sites for hydroxylation is 1. The van der Waals surface area contributed by atoms with Gasteiger partial charge in [-0.25, -0.2) is 0 Å². The highest BCUT2D eigenvalue weighted by Crippen LogP contribution is 2.29. The lowest BCUT2D eigenvalue weighted by atomic mass is 9.89. The van der Waals surface area contributed by atoms with Gasteiger partial charge >= 0.3 is 0 Å². The van der Waals surface area contributed by atoms with Crippen LogP contribution >= 0.6 is 11.6 Å². The fourth-order valence-corrected chi connectivity index (χ4v) is 4.29. The van der Waals surface area contributed by atoms with Crippen LogP contribution in [0.3, 0.4) is 0 Å². The Balaban J connectivity index is 1.22. The molecule has 2 aliphatic heterocycles. The number of hydrogen-bond acceptors (Lipinski definition) is 4. The second-order valence-corrected chi connectivity index (χ2v) is 8.39. The van der Waals surface area contributed by atoms with Crippen LogP contribution in [-0.2, 0) is 11.2 Å². The molecule has 0 radical (unpaired) electrons. The van der Waals surface area contributed by atoms with Crippen molar-refractivity contribution in [3.63, 3.8) is 0 Å². The summed E-state index contributed by atoms with van der Waals surface area (Å²) in [5, 5.41) is 14.1. The number of hydrogen-bond donors (Lipinski definition) is 2. The number of nitrogens with one attached hydrogen (secondary N) is 1. The van der Waals surface area contributed by atoms with E-state index in [4.69, 9.17) is 16.3 Å². The zero-order valence-corrected chi connectivity index (χ0v) is 17.2. The lowest BCUT2D eigenvalue weighted by Gasteiger charge is -2.33. The molecular weight excluding hydrogens is 388 g/mol. The van der Waals surface area contributed by atoms with Crippen LogP contribution < -0.4 is 10.1 Å². The molecule has 0 spiro atoms. The predicted molar refractivity (Wildman–Crippen MR) is 115 cm³/mol. The molecule has 29 heavy (non-hydrogen) atoms. The van der Waals surface area contributed by atoms with Gasteiger partial charge in [0, 0.05) is 29.7 Å². The number of fused-ring (bicyclic) bond motifs is 1. The second-order valence-electron chi connectivity index (χ2n) is 7.96. The van der Waals surface area contributed by atoms with Crippen LogP contribution in [0.25, 0.3) is 0 Å². The SMILES string of the molecule is O=C1CCc2ccc(OCC(O)CN3CCC(c4ccc(Cl)cc4)CC3)cc2N1. The molecule has 1 atom stereocenters. The number of carbonyl (C=O) groups excluding carboxylic acids is 1. The number of piperidine rings is 1. The molecule has 2 aromatic carbocycles. The van der Waals surface area contributed by atoms with E-state index >= 15 is 0 Å². The van der Waals surface area contributed by atoms with Crippen LogP contribution in [0, 0.1) is 0 Å². The number of carbonyl (C=O) groups is 1. The summed E-state index contributed by atoms with van der Waals surface area (Å²) in [6.45, 7) is 2.78. The number of rotatable bonds is 6. The smallest absolute Gasteiger partial charge is 0.224 e. The first-order chi connectivity index (χ1) is 14.1. The minimum Gasteiger partial charge on any atom is -0.491 e. The van der Waals surface area contributed by atoms with Crippen LogP contribution in [0.2, 0.25) is 5.02 Å². The molecule has 0 bridgehead atoms. The highest BCUT2D eigenvalue weighted by Gasteiger charge is 2.22. The van der Waals surface area contributed by atoms with Crippen LogP contribution in [-0.4, -0.2) is 48.3 Å². The Labute approximate surface area is 176 Å². The van der Waals surface area contributed by atoms with Crippen molar-refractivity contribution in [3.05, 3.63) is 58.6 Å². The number of halogens is 1. The lowest BCUT2D eigenvalue weighted by Crippen LogP contribution is -2.40. The molecule has 0 aliphatic carbocycles. The quantitative estimate of drug-likeness (QED) is 0.753. The average molecular weight is 415 g/mol. The van der Waals surface area contributed by atoms with Gasteiger partial charge in [-0.3, -0.25) is 4.79 Å². The highest BCUT2D eigenvalue weighted by molar-refractivity contribution is 6.30. The molecule has 6 heteroatoms. The Morgan fingerprint density at radius 2 is 1.90 bits per heavy atom.